The largest absolute Gasteiger partial charge is 0.371 e. The Hall–Kier alpha value is -2.27. The van der Waals surface area contributed by atoms with Gasteiger partial charge < -0.3 is 4.90 Å². The van der Waals surface area contributed by atoms with Gasteiger partial charge in [0.2, 0.25) is 0 Å². The summed E-state index contributed by atoms with van der Waals surface area (Å²) in [5.74, 6) is 1.38. The topological polar surface area (TPSA) is 46.1 Å². The van der Waals surface area contributed by atoms with Crippen molar-refractivity contribution in [3.63, 3.8) is 0 Å². The Kier molecular flexibility index (Phi) is 5.95. The maximum atomic E-state index is 13.0. The number of ketones is 1. The van der Waals surface area contributed by atoms with Crippen LogP contribution in [0.4, 0.5) is 5.69 Å². The van der Waals surface area contributed by atoms with Gasteiger partial charge in [-0.25, -0.2) is 4.98 Å². The van der Waals surface area contributed by atoms with Crippen LogP contribution in [0.3, 0.4) is 0 Å². The summed E-state index contributed by atoms with van der Waals surface area (Å²) in [5, 5.41) is 0. The molecule has 0 radical (unpaired) electrons. The minimum absolute atomic E-state index is 0.0579. The van der Waals surface area contributed by atoms with Gasteiger partial charge in [0, 0.05) is 48.0 Å². The summed E-state index contributed by atoms with van der Waals surface area (Å²) in [5.41, 5.74) is 3.63. The second-order valence-electron chi connectivity index (χ2n) is 8.50. The third-order valence-corrected chi connectivity index (χ3v) is 6.79. The molecule has 0 N–H and O–H groups in total. The van der Waals surface area contributed by atoms with Gasteiger partial charge in [0.05, 0.1) is 10.2 Å². The summed E-state index contributed by atoms with van der Waals surface area (Å²) in [4.78, 5) is 25.8. The van der Waals surface area contributed by atoms with Crippen LogP contribution in [-0.4, -0.2) is 28.8 Å². The molecule has 4 nitrogen and oxygen atoms in total. The molecule has 0 aromatic carbocycles. The summed E-state index contributed by atoms with van der Waals surface area (Å²) in [6.07, 6.45) is 7.47. The average Bonchev–Trinajstić information content (AvgIpc) is 3.09. The Labute approximate surface area is 177 Å². The number of thiophene rings is 1. The normalized spacial score (nSPS) is 19.6. The monoisotopic (exact) mass is 407 g/mol. The van der Waals surface area contributed by atoms with Gasteiger partial charge in [0.25, 0.3) is 0 Å². The number of aryl methyl sites for hydroxylation is 1. The van der Waals surface area contributed by atoms with Crippen LogP contribution >= 0.6 is 11.3 Å². The predicted octanol–water partition coefficient (Wildman–Crippen LogP) is 5.55. The Bertz CT molecular complexity index is 1000. The summed E-state index contributed by atoms with van der Waals surface area (Å²) < 4.78 is 1.16. The molecule has 4 rings (SSSR count). The quantitative estimate of drug-likeness (QED) is 0.503. The van der Waals surface area contributed by atoms with Gasteiger partial charge in [-0.3, -0.25) is 9.78 Å². The van der Waals surface area contributed by atoms with Crippen LogP contribution in [0.25, 0.3) is 10.2 Å². The van der Waals surface area contributed by atoms with Crippen molar-refractivity contribution in [1.29, 1.82) is 0 Å². The second kappa shape index (κ2) is 8.62. The fourth-order valence-electron chi connectivity index (χ4n) is 4.49. The fraction of sp³-hybridized carbons (Fsp3) is 0.458. The molecule has 1 saturated heterocycles. The predicted molar refractivity (Wildman–Crippen MR) is 121 cm³/mol. The molecule has 1 aliphatic rings. The zero-order valence-corrected chi connectivity index (χ0v) is 18.3. The third kappa shape index (κ3) is 4.50. The lowest BCUT2D eigenvalue weighted by Crippen LogP contribution is -2.39. The number of pyridine rings is 2. The fourth-order valence-corrected chi connectivity index (χ4v) is 5.59. The smallest absolute Gasteiger partial charge is 0.185 e. The van der Waals surface area contributed by atoms with E-state index in [1.54, 1.807) is 11.3 Å². The van der Waals surface area contributed by atoms with Crippen LogP contribution in [0.1, 0.15) is 54.5 Å². The molecule has 4 heterocycles. The number of hydrogen-bond acceptors (Lipinski definition) is 5. The average molecular weight is 408 g/mol. The highest BCUT2D eigenvalue weighted by molar-refractivity contribution is 7.19. The Morgan fingerprint density at radius 3 is 2.76 bits per heavy atom. The Balaban J connectivity index is 1.56. The molecule has 0 bridgehead atoms. The zero-order chi connectivity index (χ0) is 20.4. The minimum atomic E-state index is 0.0579. The van der Waals surface area contributed by atoms with Gasteiger partial charge in [-0.15, -0.1) is 11.3 Å². The van der Waals surface area contributed by atoms with Gasteiger partial charge in [-0.1, -0.05) is 27.2 Å². The van der Waals surface area contributed by atoms with E-state index in [0.29, 0.717) is 24.0 Å². The number of carbonyl (C=O) groups excluding carboxylic acids is 1. The first-order valence-electron chi connectivity index (χ1n) is 10.6. The first-order chi connectivity index (χ1) is 14.0. The van der Waals surface area contributed by atoms with E-state index >= 15 is 0 Å². The van der Waals surface area contributed by atoms with E-state index in [0.717, 1.165) is 47.4 Å². The molecule has 3 aromatic rings. The molecule has 0 amide bonds. The molecule has 5 heteroatoms. The maximum absolute atomic E-state index is 13.0. The summed E-state index contributed by atoms with van der Waals surface area (Å²) in [7, 11) is 0. The van der Waals surface area contributed by atoms with Crippen molar-refractivity contribution in [3.05, 3.63) is 52.8 Å². The molecule has 1 aliphatic heterocycles. The number of Topliss-reactive ketones (excluding diaryl/α,β-unsaturated/α-hetero) is 1. The number of piperidine rings is 1. The lowest BCUT2D eigenvalue weighted by atomic mass is 9.91. The van der Waals surface area contributed by atoms with Crippen LogP contribution in [-0.2, 0) is 12.8 Å². The van der Waals surface area contributed by atoms with E-state index in [9.17, 15) is 4.79 Å². The Morgan fingerprint density at radius 1 is 1.21 bits per heavy atom. The van der Waals surface area contributed by atoms with Crippen molar-refractivity contribution in [2.24, 2.45) is 11.8 Å². The van der Waals surface area contributed by atoms with Crippen LogP contribution < -0.4 is 4.90 Å². The molecule has 0 spiro atoms. The maximum Gasteiger partial charge on any atom is 0.185 e. The van der Waals surface area contributed by atoms with Gasteiger partial charge in [-0.2, -0.15) is 0 Å². The molecule has 0 saturated carbocycles. The van der Waals surface area contributed by atoms with E-state index in [1.807, 2.05) is 24.5 Å². The second-order valence-corrected chi connectivity index (χ2v) is 9.67. The minimum Gasteiger partial charge on any atom is -0.371 e. The number of aromatic nitrogens is 2. The molecule has 1 fully saturated rings. The van der Waals surface area contributed by atoms with E-state index < -0.39 is 0 Å². The first-order valence-corrected chi connectivity index (χ1v) is 11.5. The number of rotatable bonds is 6. The molecule has 29 heavy (non-hydrogen) atoms. The number of anilines is 1. The Morgan fingerprint density at radius 2 is 2.00 bits per heavy atom. The molecule has 152 valence electrons. The van der Waals surface area contributed by atoms with Crippen molar-refractivity contribution in [1.82, 2.24) is 9.97 Å². The van der Waals surface area contributed by atoms with E-state index in [1.165, 1.54) is 11.3 Å². The van der Waals surface area contributed by atoms with Crippen molar-refractivity contribution in [3.8, 4) is 0 Å². The van der Waals surface area contributed by atoms with Gasteiger partial charge >= 0.3 is 0 Å². The van der Waals surface area contributed by atoms with Crippen LogP contribution in [0.5, 0.6) is 0 Å². The van der Waals surface area contributed by atoms with Gasteiger partial charge in [0.15, 0.2) is 5.78 Å². The highest BCUT2D eigenvalue weighted by Crippen LogP contribution is 2.30. The van der Waals surface area contributed by atoms with Crippen molar-refractivity contribution >= 4 is 33.0 Å². The molecule has 3 aromatic heterocycles. The van der Waals surface area contributed by atoms with Gasteiger partial charge in [0.1, 0.15) is 5.69 Å². The number of carbonyl (C=O) groups is 1. The van der Waals surface area contributed by atoms with E-state index in [4.69, 9.17) is 0 Å². The summed E-state index contributed by atoms with van der Waals surface area (Å²) in [6.45, 7) is 8.87. The van der Waals surface area contributed by atoms with Crippen LogP contribution in [0.2, 0.25) is 0 Å². The van der Waals surface area contributed by atoms with Crippen molar-refractivity contribution in [2.75, 3.05) is 18.0 Å². The van der Waals surface area contributed by atoms with E-state index in [2.05, 4.69) is 47.8 Å². The number of fused-ring (bicyclic) bond motifs is 1. The standard InChI is InChI=1S/C24H29N3OS/c1-4-5-19-12-21-24(29-19)7-6-20(26-21)23(28)11-18-13-25-9-8-22(18)27-14-16(2)10-17(3)15-27/h6-9,12-13,16-17H,4-5,10-11,14-15H2,1-3H3/t16-,17+. The van der Waals surface area contributed by atoms with Crippen molar-refractivity contribution in [2.45, 2.75) is 46.5 Å². The first kappa shape index (κ1) is 20.0. The van der Waals surface area contributed by atoms with E-state index in [-0.39, 0.29) is 5.78 Å². The lowest BCUT2D eigenvalue weighted by molar-refractivity contribution is 0.0988. The molecule has 0 aliphatic carbocycles. The molecule has 2 atom stereocenters. The molecular formula is C24H29N3OS. The van der Waals surface area contributed by atoms with Gasteiger partial charge in [-0.05, 0) is 48.9 Å². The molecule has 0 unspecified atom stereocenters. The van der Waals surface area contributed by atoms with Crippen LogP contribution in [0.15, 0.2) is 36.7 Å². The third-order valence-electron chi connectivity index (χ3n) is 5.65. The number of nitrogens with zero attached hydrogens (tertiary/aromatic N) is 3. The zero-order valence-electron chi connectivity index (χ0n) is 17.5. The molecular weight excluding hydrogens is 378 g/mol. The SMILES string of the molecule is CCCc1cc2nc(C(=O)Cc3cnccc3N3C[C@H](C)C[C@H](C)C3)ccc2s1. The summed E-state index contributed by atoms with van der Waals surface area (Å²) >= 11 is 1.78. The van der Waals surface area contributed by atoms with Crippen LogP contribution in [0, 0.1) is 11.8 Å². The number of hydrogen-bond donors (Lipinski definition) is 0. The van der Waals surface area contributed by atoms with Crippen molar-refractivity contribution < 1.29 is 4.79 Å². The lowest BCUT2D eigenvalue weighted by Gasteiger charge is -2.37. The highest BCUT2D eigenvalue weighted by Gasteiger charge is 2.24. The summed E-state index contributed by atoms with van der Waals surface area (Å²) in [6, 6.07) is 8.10. The highest BCUT2D eigenvalue weighted by atomic mass is 32.1.